The van der Waals surface area contributed by atoms with Crippen LogP contribution in [0.3, 0.4) is 0 Å². The Hall–Kier alpha value is -2.78. The summed E-state index contributed by atoms with van der Waals surface area (Å²) in [5.41, 5.74) is 2.78. The minimum absolute atomic E-state index is 0.132. The predicted molar refractivity (Wildman–Crippen MR) is 92.9 cm³/mol. The van der Waals surface area contributed by atoms with Gasteiger partial charge in [-0.1, -0.05) is 41.9 Å². The van der Waals surface area contributed by atoms with E-state index in [4.69, 9.17) is 11.6 Å². The summed E-state index contributed by atoms with van der Waals surface area (Å²) < 4.78 is 0. The minimum Gasteiger partial charge on any atom is -0.508 e. The van der Waals surface area contributed by atoms with Gasteiger partial charge in [0, 0.05) is 21.8 Å². The van der Waals surface area contributed by atoms with E-state index >= 15 is 0 Å². The summed E-state index contributed by atoms with van der Waals surface area (Å²) in [5.74, 6) is -0.0702. The van der Waals surface area contributed by atoms with E-state index in [1.165, 1.54) is 0 Å². The maximum atomic E-state index is 12.3. The molecule has 0 saturated carbocycles. The molecule has 0 spiro atoms. The van der Waals surface area contributed by atoms with Gasteiger partial charge in [-0.3, -0.25) is 4.79 Å². The molecule has 114 valence electrons. The Morgan fingerprint density at radius 3 is 2.30 bits per heavy atom. The largest absolute Gasteiger partial charge is 0.508 e. The Kier molecular flexibility index (Phi) is 4.31. The number of phenolic OH excluding ortho intramolecular Hbond substituents is 1. The lowest BCUT2D eigenvalue weighted by Gasteiger charge is -2.12. The first kappa shape index (κ1) is 15.1. The Balaban J connectivity index is 1.96. The van der Waals surface area contributed by atoms with E-state index in [0.717, 1.165) is 11.1 Å². The van der Waals surface area contributed by atoms with E-state index in [1.54, 1.807) is 42.5 Å². The predicted octanol–water partition coefficient (Wildman–Crippen LogP) is 4.96. The van der Waals surface area contributed by atoms with Crippen molar-refractivity contribution in [3.8, 4) is 16.9 Å². The van der Waals surface area contributed by atoms with Crippen LogP contribution >= 0.6 is 11.6 Å². The average molecular weight is 324 g/mol. The molecule has 0 aromatic heterocycles. The molecule has 4 heteroatoms. The second-order valence-corrected chi connectivity index (χ2v) is 5.49. The van der Waals surface area contributed by atoms with E-state index in [0.29, 0.717) is 16.3 Å². The van der Waals surface area contributed by atoms with Crippen LogP contribution in [0, 0.1) is 0 Å². The number of carbonyl (C=O) groups is 1. The molecule has 0 heterocycles. The van der Waals surface area contributed by atoms with Crippen molar-refractivity contribution in [3.05, 3.63) is 83.4 Å². The van der Waals surface area contributed by atoms with Crippen molar-refractivity contribution in [2.75, 3.05) is 5.32 Å². The van der Waals surface area contributed by atoms with E-state index in [-0.39, 0.29) is 11.7 Å². The lowest BCUT2D eigenvalue weighted by molar-refractivity contribution is 0.102. The van der Waals surface area contributed by atoms with Gasteiger partial charge in [0.1, 0.15) is 5.75 Å². The van der Waals surface area contributed by atoms with Crippen LogP contribution in [0.15, 0.2) is 72.8 Å². The first-order valence-electron chi connectivity index (χ1n) is 7.09. The topological polar surface area (TPSA) is 49.3 Å². The van der Waals surface area contributed by atoms with Gasteiger partial charge in [-0.05, 0) is 48.0 Å². The smallest absolute Gasteiger partial charge is 0.255 e. The van der Waals surface area contributed by atoms with Crippen LogP contribution in [0.2, 0.25) is 5.02 Å². The Morgan fingerprint density at radius 1 is 0.913 bits per heavy atom. The molecular formula is C19H14ClNO2. The molecule has 3 aromatic carbocycles. The summed E-state index contributed by atoms with van der Waals surface area (Å²) in [7, 11) is 0. The zero-order valence-corrected chi connectivity index (χ0v) is 12.9. The lowest BCUT2D eigenvalue weighted by Crippen LogP contribution is -2.12. The third-order valence-electron chi connectivity index (χ3n) is 3.44. The van der Waals surface area contributed by atoms with Crippen molar-refractivity contribution < 1.29 is 9.90 Å². The van der Waals surface area contributed by atoms with E-state index < -0.39 is 0 Å². The van der Waals surface area contributed by atoms with Gasteiger partial charge in [-0.15, -0.1) is 0 Å². The molecule has 23 heavy (non-hydrogen) atoms. The van der Waals surface area contributed by atoms with Crippen LogP contribution in [0.4, 0.5) is 5.69 Å². The SMILES string of the molecule is O=C(Nc1ccc(O)cc1-c1ccc(Cl)cc1)c1ccccc1. The fourth-order valence-corrected chi connectivity index (χ4v) is 2.42. The molecule has 3 nitrogen and oxygen atoms in total. The van der Waals surface area contributed by atoms with Gasteiger partial charge in [0.25, 0.3) is 5.91 Å². The molecule has 2 N–H and O–H groups in total. The summed E-state index contributed by atoms with van der Waals surface area (Å²) >= 11 is 5.92. The monoisotopic (exact) mass is 323 g/mol. The van der Waals surface area contributed by atoms with Gasteiger partial charge in [0.05, 0.1) is 0 Å². The fraction of sp³-hybridized carbons (Fsp3) is 0. The highest BCUT2D eigenvalue weighted by molar-refractivity contribution is 6.30. The van der Waals surface area contributed by atoms with Gasteiger partial charge in [-0.2, -0.15) is 0 Å². The van der Waals surface area contributed by atoms with Gasteiger partial charge in [0.2, 0.25) is 0 Å². The number of phenols is 1. The number of carbonyl (C=O) groups excluding carboxylic acids is 1. The maximum Gasteiger partial charge on any atom is 0.255 e. The first-order valence-corrected chi connectivity index (χ1v) is 7.46. The summed E-state index contributed by atoms with van der Waals surface area (Å²) in [5, 5.41) is 13.3. The van der Waals surface area contributed by atoms with Crippen molar-refractivity contribution in [1.29, 1.82) is 0 Å². The van der Waals surface area contributed by atoms with Crippen LogP contribution in [0.5, 0.6) is 5.75 Å². The number of benzene rings is 3. The molecule has 0 aliphatic carbocycles. The highest BCUT2D eigenvalue weighted by Gasteiger charge is 2.11. The van der Waals surface area contributed by atoms with Crippen LogP contribution in [-0.4, -0.2) is 11.0 Å². The zero-order chi connectivity index (χ0) is 16.2. The molecule has 0 unspecified atom stereocenters. The van der Waals surface area contributed by atoms with Crippen LogP contribution in [0.25, 0.3) is 11.1 Å². The van der Waals surface area contributed by atoms with Crippen molar-refractivity contribution in [1.82, 2.24) is 0 Å². The molecule has 0 atom stereocenters. The Labute approximate surface area is 139 Å². The van der Waals surface area contributed by atoms with Crippen molar-refractivity contribution >= 4 is 23.2 Å². The number of nitrogens with one attached hydrogen (secondary N) is 1. The van der Waals surface area contributed by atoms with Gasteiger partial charge < -0.3 is 10.4 Å². The molecular weight excluding hydrogens is 310 g/mol. The number of hydrogen-bond acceptors (Lipinski definition) is 2. The first-order chi connectivity index (χ1) is 11.1. The third-order valence-corrected chi connectivity index (χ3v) is 3.69. The molecule has 0 bridgehead atoms. The average Bonchev–Trinajstić information content (AvgIpc) is 2.58. The quantitative estimate of drug-likeness (QED) is 0.669. The van der Waals surface area contributed by atoms with Crippen molar-refractivity contribution in [3.63, 3.8) is 0 Å². The van der Waals surface area contributed by atoms with Crippen molar-refractivity contribution in [2.24, 2.45) is 0 Å². The number of amides is 1. The van der Waals surface area contributed by atoms with Gasteiger partial charge >= 0.3 is 0 Å². The summed E-state index contributed by atoms with van der Waals surface area (Å²) in [6, 6.07) is 21.0. The van der Waals surface area contributed by atoms with Gasteiger partial charge in [0.15, 0.2) is 0 Å². The molecule has 0 aliphatic rings. The summed E-state index contributed by atoms with van der Waals surface area (Å²) in [6.07, 6.45) is 0. The zero-order valence-electron chi connectivity index (χ0n) is 12.2. The van der Waals surface area contributed by atoms with Crippen LogP contribution in [0.1, 0.15) is 10.4 Å². The number of rotatable bonds is 3. The summed E-state index contributed by atoms with van der Waals surface area (Å²) in [6.45, 7) is 0. The molecule has 0 fully saturated rings. The molecule has 0 radical (unpaired) electrons. The third kappa shape index (κ3) is 3.52. The highest BCUT2D eigenvalue weighted by Crippen LogP contribution is 2.32. The van der Waals surface area contributed by atoms with E-state index in [9.17, 15) is 9.90 Å². The molecule has 1 amide bonds. The second-order valence-electron chi connectivity index (χ2n) is 5.06. The Morgan fingerprint density at radius 2 is 1.61 bits per heavy atom. The standard InChI is InChI=1S/C19H14ClNO2/c20-15-8-6-13(7-9-15)17-12-16(22)10-11-18(17)21-19(23)14-4-2-1-3-5-14/h1-12,22H,(H,21,23). The molecule has 0 saturated heterocycles. The number of halogens is 1. The Bertz CT molecular complexity index is 830. The normalized spacial score (nSPS) is 10.3. The number of anilines is 1. The number of hydrogen-bond donors (Lipinski definition) is 2. The van der Waals surface area contributed by atoms with Gasteiger partial charge in [-0.25, -0.2) is 0 Å². The van der Waals surface area contributed by atoms with Crippen LogP contribution in [-0.2, 0) is 0 Å². The summed E-state index contributed by atoms with van der Waals surface area (Å²) in [4.78, 5) is 12.3. The van der Waals surface area contributed by atoms with E-state index in [2.05, 4.69) is 5.32 Å². The lowest BCUT2D eigenvalue weighted by atomic mass is 10.0. The maximum absolute atomic E-state index is 12.3. The minimum atomic E-state index is -0.202. The highest BCUT2D eigenvalue weighted by atomic mass is 35.5. The second kappa shape index (κ2) is 6.55. The molecule has 0 aliphatic heterocycles. The van der Waals surface area contributed by atoms with Crippen LogP contribution < -0.4 is 5.32 Å². The fourth-order valence-electron chi connectivity index (χ4n) is 2.29. The van der Waals surface area contributed by atoms with E-state index in [1.807, 2.05) is 30.3 Å². The molecule has 3 aromatic rings. The molecule has 3 rings (SSSR count). The van der Waals surface area contributed by atoms with Crippen molar-refractivity contribution in [2.45, 2.75) is 0 Å². The number of aromatic hydroxyl groups is 1.